The Morgan fingerprint density at radius 2 is 1.90 bits per heavy atom. The highest BCUT2D eigenvalue weighted by Crippen LogP contribution is 2.30. The smallest absolute Gasteiger partial charge is 0.197 e. The summed E-state index contributed by atoms with van der Waals surface area (Å²) in [6, 6.07) is 11.3. The maximum absolute atomic E-state index is 12.7. The predicted octanol–water partition coefficient (Wildman–Crippen LogP) is 4.05. The summed E-state index contributed by atoms with van der Waals surface area (Å²) in [6.45, 7) is 1.90. The zero-order chi connectivity index (χ0) is 14.3. The number of halogens is 1. The summed E-state index contributed by atoms with van der Waals surface area (Å²) in [6.07, 6.45) is 1.74. The lowest BCUT2D eigenvalue weighted by molar-refractivity contribution is 0.104. The Morgan fingerprint density at radius 3 is 2.70 bits per heavy atom. The van der Waals surface area contributed by atoms with E-state index < -0.39 is 0 Å². The maximum Gasteiger partial charge on any atom is 0.197 e. The molecular weight excluding hydrogens is 316 g/mol. The Kier molecular flexibility index (Phi) is 3.10. The highest BCUT2D eigenvalue weighted by molar-refractivity contribution is 9.10. The molecule has 0 unspecified atom stereocenters. The zero-order valence-corrected chi connectivity index (χ0v) is 12.5. The molecular formula is C16H13BrN2O. The first-order chi connectivity index (χ1) is 9.59. The van der Waals surface area contributed by atoms with Gasteiger partial charge in [0.05, 0.1) is 0 Å². The minimum Gasteiger partial charge on any atom is -0.398 e. The van der Waals surface area contributed by atoms with Gasteiger partial charge >= 0.3 is 0 Å². The minimum atomic E-state index is -0.0654. The van der Waals surface area contributed by atoms with Crippen LogP contribution in [-0.2, 0) is 0 Å². The van der Waals surface area contributed by atoms with Gasteiger partial charge in [0.2, 0.25) is 0 Å². The van der Waals surface area contributed by atoms with Crippen molar-refractivity contribution in [3.8, 4) is 0 Å². The summed E-state index contributed by atoms with van der Waals surface area (Å²) in [4.78, 5) is 15.8. The van der Waals surface area contributed by atoms with Crippen LogP contribution < -0.4 is 5.73 Å². The van der Waals surface area contributed by atoms with Crippen molar-refractivity contribution in [1.29, 1.82) is 0 Å². The number of rotatable bonds is 2. The molecule has 3 aromatic rings. The van der Waals surface area contributed by atoms with E-state index in [0.717, 1.165) is 20.9 Å². The van der Waals surface area contributed by atoms with Crippen LogP contribution in [0.5, 0.6) is 0 Å². The molecule has 1 aromatic heterocycles. The number of nitrogens with two attached hydrogens (primary N) is 1. The van der Waals surface area contributed by atoms with Crippen molar-refractivity contribution in [3.05, 3.63) is 63.8 Å². The third-order valence-corrected chi connectivity index (χ3v) is 4.13. The van der Waals surface area contributed by atoms with Crippen LogP contribution in [0.1, 0.15) is 21.5 Å². The van der Waals surface area contributed by atoms with Gasteiger partial charge in [0.15, 0.2) is 5.78 Å². The summed E-state index contributed by atoms with van der Waals surface area (Å²) in [5.74, 6) is -0.0654. The minimum absolute atomic E-state index is 0.0654. The van der Waals surface area contributed by atoms with Gasteiger partial charge < -0.3 is 10.7 Å². The number of benzene rings is 2. The average molecular weight is 329 g/mol. The number of hydrogen-bond acceptors (Lipinski definition) is 2. The van der Waals surface area contributed by atoms with Crippen molar-refractivity contribution in [2.75, 3.05) is 5.73 Å². The number of aryl methyl sites for hydroxylation is 1. The molecule has 3 nitrogen and oxygen atoms in total. The molecule has 0 spiro atoms. The number of nitrogens with one attached hydrogen (secondary N) is 1. The van der Waals surface area contributed by atoms with Crippen molar-refractivity contribution >= 4 is 38.3 Å². The van der Waals surface area contributed by atoms with Gasteiger partial charge in [0.1, 0.15) is 0 Å². The van der Waals surface area contributed by atoms with Crippen LogP contribution in [0.3, 0.4) is 0 Å². The Hall–Kier alpha value is -2.07. The summed E-state index contributed by atoms with van der Waals surface area (Å²) in [5.41, 5.74) is 9.58. The van der Waals surface area contributed by atoms with Crippen molar-refractivity contribution in [2.45, 2.75) is 6.92 Å². The first-order valence-corrected chi connectivity index (χ1v) is 7.04. The molecule has 20 heavy (non-hydrogen) atoms. The van der Waals surface area contributed by atoms with Gasteiger partial charge in [-0.25, -0.2) is 0 Å². The first-order valence-electron chi connectivity index (χ1n) is 6.25. The zero-order valence-electron chi connectivity index (χ0n) is 10.9. The SMILES string of the molecule is Cc1cccc(C(=O)c2c[nH]c3cccc(Br)c23)c1N. The fraction of sp³-hybridized carbons (Fsp3) is 0.0625. The number of H-pyrrole nitrogens is 1. The normalized spacial score (nSPS) is 10.9. The van der Waals surface area contributed by atoms with Crippen LogP contribution in [0.4, 0.5) is 5.69 Å². The molecule has 0 amide bonds. The van der Waals surface area contributed by atoms with Crippen LogP contribution in [0, 0.1) is 6.92 Å². The van der Waals surface area contributed by atoms with E-state index >= 15 is 0 Å². The van der Waals surface area contributed by atoms with E-state index in [0.29, 0.717) is 16.8 Å². The lowest BCUT2D eigenvalue weighted by atomic mass is 9.99. The van der Waals surface area contributed by atoms with Gasteiger partial charge in [0, 0.05) is 38.4 Å². The first kappa shape index (κ1) is 12.9. The van der Waals surface area contributed by atoms with Crippen molar-refractivity contribution in [2.24, 2.45) is 0 Å². The van der Waals surface area contributed by atoms with Crippen LogP contribution in [0.25, 0.3) is 10.9 Å². The van der Waals surface area contributed by atoms with Gasteiger partial charge in [-0.05, 0) is 30.7 Å². The topological polar surface area (TPSA) is 58.9 Å². The van der Waals surface area contributed by atoms with E-state index in [-0.39, 0.29) is 5.78 Å². The van der Waals surface area contributed by atoms with E-state index in [2.05, 4.69) is 20.9 Å². The number of para-hydroxylation sites is 1. The second-order valence-corrected chi connectivity index (χ2v) is 5.58. The summed E-state index contributed by atoms with van der Waals surface area (Å²) in [7, 11) is 0. The highest BCUT2D eigenvalue weighted by Gasteiger charge is 2.18. The molecule has 2 aromatic carbocycles. The van der Waals surface area contributed by atoms with Crippen LogP contribution >= 0.6 is 15.9 Å². The Balaban J connectivity index is 2.21. The van der Waals surface area contributed by atoms with Crippen molar-refractivity contribution in [3.63, 3.8) is 0 Å². The van der Waals surface area contributed by atoms with Crippen molar-refractivity contribution < 1.29 is 4.79 Å². The summed E-state index contributed by atoms with van der Waals surface area (Å²) >= 11 is 3.50. The number of carbonyl (C=O) groups is 1. The maximum atomic E-state index is 12.7. The molecule has 3 N–H and O–H groups in total. The molecule has 0 saturated heterocycles. The van der Waals surface area contributed by atoms with E-state index in [9.17, 15) is 4.79 Å². The van der Waals surface area contributed by atoms with E-state index in [4.69, 9.17) is 5.73 Å². The molecule has 1 heterocycles. The van der Waals surface area contributed by atoms with Gasteiger partial charge in [-0.3, -0.25) is 4.79 Å². The molecule has 4 heteroatoms. The lowest BCUT2D eigenvalue weighted by Crippen LogP contribution is -2.06. The number of aromatic nitrogens is 1. The molecule has 0 atom stereocenters. The molecule has 3 rings (SSSR count). The Morgan fingerprint density at radius 1 is 1.15 bits per heavy atom. The standard InChI is InChI=1S/C16H13BrN2O/c1-9-4-2-5-10(15(9)18)16(20)11-8-19-13-7-3-6-12(17)14(11)13/h2-8,19H,18H2,1H3. The number of nitrogen functional groups attached to an aromatic ring is 1. The number of fused-ring (bicyclic) bond motifs is 1. The molecule has 0 saturated carbocycles. The fourth-order valence-corrected chi connectivity index (χ4v) is 2.92. The van der Waals surface area contributed by atoms with Gasteiger partial charge in [0.25, 0.3) is 0 Å². The molecule has 0 bridgehead atoms. The van der Waals surface area contributed by atoms with Crippen molar-refractivity contribution in [1.82, 2.24) is 4.98 Å². The summed E-state index contributed by atoms with van der Waals surface area (Å²) in [5, 5.41) is 0.887. The van der Waals surface area contributed by atoms with Gasteiger partial charge in [-0.15, -0.1) is 0 Å². The van der Waals surface area contributed by atoms with Crippen LogP contribution in [0.2, 0.25) is 0 Å². The highest BCUT2D eigenvalue weighted by atomic mass is 79.9. The molecule has 0 aliphatic heterocycles. The average Bonchev–Trinajstić information content (AvgIpc) is 2.86. The van der Waals surface area contributed by atoms with Crippen LogP contribution in [0.15, 0.2) is 47.1 Å². The number of carbonyl (C=O) groups excluding carboxylic acids is 1. The monoisotopic (exact) mass is 328 g/mol. The third kappa shape index (κ3) is 1.93. The Labute approximate surface area is 124 Å². The molecule has 0 radical (unpaired) electrons. The quantitative estimate of drug-likeness (QED) is 0.550. The Bertz CT molecular complexity index is 820. The molecule has 0 aliphatic carbocycles. The molecule has 0 fully saturated rings. The lowest BCUT2D eigenvalue weighted by Gasteiger charge is -2.07. The predicted molar refractivity (Wildman–Crippen MR) is 85.0 cm³/mol. The fourth-order valence-electron chi connectivity index (χ4n) is 2.34. The largest absolute Gasteiger partial charge is 0.398 e. The number of hydrogen-bond donors (Lipinski definition) is 2. The van der Waals surface area contributed by atoms with E-state index in [1.165, 1.54) is 0 Å². The number of ketones is 1. The van der Waals surface area contributed by atoms with E-state index in [1.54, 1.807) is 12.3 Å². The van der Waals surface area contributed by atoms with Gasteiger partial charge in [-0.1, -0.05) is 34.1 Å². The second kappa shape index (κ2) is 4.80. The number of aromatic amines is 1. The number of anilines is 1. The molecule has 100 valence electrons. The van der Waals surface area contributed by atoms with E-state index in [1.807, 2.05) is 37.3 Å². The third-order valence-electron chi connectivity index (χ3n) is 3.47. The second-order valence-electron chi connectivity index (χ2n) is 4.73. The molecule has 0 aliphatic rings. The van der Waals surface area contributed by atoms with Crippen LogP contribution in [-0.4, -0.2) is 10.8 Å². The summed E-state index contributed by atoms with van der Waals surface area (Å²) < 4.78 is 0.894. The van der Waals surface area contributed by atoms with Gasteiger partial charge in [-0.2, -0.15) is 0 Å².